The van der Waals surface area contributed by atoms with E-state index in [4.69, 9.17) is 11.5 Å². The molecule has 1 aromatic carbocycles. The van der Waals surface area contributed by atoms with Crippen molar-refractivity contribution in [2.24, 2.45) is 18.5 Å². The van der Waals surface area contributed by atoms with Gasteiger partial charge in [0.2, 0.25) is 0 Å². The van der Waals surface area contributed by atoms with Crippen LogP contribution in [0.2, 0.25) is 0 Å². The summed E-state index contributed by atoms with van der Waals surface area (Å²) in [6.07, 6.45) is 3.85. The average molecular weight is 474 g/mol. The van der Waals surface area contributed by atoms with Crippen LogP contribution in [-0.4, -0.2) is 47.4 Å². The molecule has 0 bridgehead atoms. The van der Waals surface area contributed by atoms with E-state index in [2.05, 4.69) is 11.0 Å². The lowest BCUT2D eigenvalue weighted by molar-refractivity contribution is 0.491. The van der Waals surface area contributed by atoms with Gasteiger partial charge in [0.05, 0.1) is 18.2 Å². The third kappa shape index (κ3) is 5.24. The first-order valence-corrected chi connectivity index (χ1v) is 11.2. The minimum Gasteiger partial charge on any atom is -0.370 e. The molecule has 0 amide bonds. The lowest BCUT2D eigenvalue weighted by Crippen LogP contribution is -2.47. The van der Waals surface area contributed by atoms with Crippen molar-refractivity contribution < 1.29 is 0 Å². The first-order valence-electron chi connectivity index (χ1n) is 11.2. The van der Waals surface area contributed by atoms with Gasteiger partial charge in [0, 0.05) is 57.1 Å². The highest BCUT2D eigenvalue weighted by atomic mass is 35.5. The van der Waals surface area contributed by atoms with Crippen molar-refractivity contribution in [3.05, 3.63) is 56.2 Å². The van der Waals surface area contributed by atoms with Gasteiger partial charge in [-0.25, -0.2) is 4.79 Å². The van der Waals surface area contributed by atoms with Crippen LogP contribution in [0, 0.1) is 11.3 Å². The zero-order valence-electron chi connectivity index (χ0n) is 18.9. The Morgan fingerprint density at radius 3 is 2.30 bits per heavy atom. The fourth-order valence-corrected chi connectivity index (χ4v) is 4.72. The summed E-state index contributed by atoms with van der Waals surface area (Å²) in [4.78, 5) is 29.8. The standard InChI is InChI=1S/C23H31N7O2.ClH/c1-27-22(31)11-21(29-9-3-5-19(26)15-29)30(23(27)32)13-17-10-20(7-6-16(17)12-24)28-8-2-4-18(25)14-28;/h6-7,10-11,18-19H,2-5,8-9,13-15,25-26H2,1H3;1H/t18-,19-;/m1./s1. The Morgan fingerprint density at radius 1 is 1.03 bits per heavy atom. The predicted molar refractivity (Wildman–Crippen MR) is 132 cm³/mol. The summed E-state index contributed by atoms with van der Waals surface area (Å²) in [5.41, 5.74) is 13.8. The van der Waals surface area contributed by atoms with Gasteiger partial charge in [0.15, 0.2) is 0 Å². The van der Waals surface area contributed by atoms with E-state index >= 15 is 0 Å². The van der Waals surface area contributed by atoms with Crippen molar-refractivity contribution in [1.29, 1.82) is 5.26 Å². The van der Waals surface area contributed by atoms with Crippen molar-refractivity contribution in [2.75, 3.05) is 36.0 Å². The van der Waals surface area contributed by atoms with Gasteiger partial charge in [-0.15, -0.1) is 12.4 Å². The molecular weight excluding hydrogens is 442 g/mol. The minimum atomic E-state index is -0.402. The SMILES string of the molecule is Cl.Cn1c(=O)cc(N2CCC[C@@H](N)C2)n(Cc2cc(N3CCC[C@@H](N)C3)ccc2C#N)c1=O. The maximum absolute atomic E-state index is 13.1. The minimum absolute atomic E-state index is 0. The van der Waals surface area contributed by atoms with Crippen LogP contribution in [-0.2, 0) is 13.6 Å². The van der Waals surface area contributed by atoms with E-state index in [0.717, 1.165) is 61.1 Å². The maximum Gasteiger partial charge on any atom is 0.332 e. The summed E-state index contributed by atoms with van der Waals surface area (Å²) >= 11 is 0. The molecule has 2 aliphatic heterocycles. The quantitative estimate of drug-likeness (QED) is 0.670. The van der Waals surface area contributed by atoms with Crippen molar-refractivity contribution in [3.63, 3.8) is 0 Å². The van der Waals surface area contributed by atoms with Crippen LogP contribution >= 0.6 is 12.4 Å². The molecule has 2 atom stereocenters. The summed E-state index contributed by atoms with van der Waals surface area (Å²) in [5, 5.41) is 9.71. The zero-order valence-corrected chi connectivity index (χ0v) is 19.8. The van der Waals surface area contributed by atoms with Crippen LogP contribution in [0.25, 0.3) is 0 Å². The molecule has 2 aromatic rings. The summed E-state index contributed by atoms with van der Waals surface area (Å²) in [6.45, 7) is 3.20. The molecule has 4 rings (SSSR count). The van der Waals surface area contributed by atoms with Gasteiger partial charge in [-0.05, 0) is 49.4 Å². The van der Waals surface area contributed by atoms with E-state index in [1.807, 2.05) is 17.0 Å². The van der Waals surface area contributed by atoms with E-state index in [1.165, 1.54) is 13.1 Å². The molecule has 4 N–H and O–H groups in total. The number of nitrogens with zero attached hydrogens (tertiary/aromatic N) is 5. The number of hydrogen-bond donors (Lipinski definition) is 2. The molecule has 0 unspecified atom stereocenters. The number of anilines is 2. The molecule has 2 saturated heterocycles. The molecule has 2 fully saturated rings. The van der Waals surface area contributed by atoms with E-state index in [1.54, 1.807) is 10.6 Å². The Balaban J connectivity index is 0.00000306. The van der Waals surface area contributed by atoms with Gasteiger partial charge >= 0.3 is 5.69 Å². The van der Waals surface area contributed by atoms with Crippen molar-refractivity contribution in [3.8, 4) is 6.07 Å². The number of rotatable bonds is 4. The summed E-state index contributed by atoms with van der Waals surface area (Å²) in [6, 6.07) is 9.58. The van der Waals surface area contributed by atoms with Gasteiger partial charge in [-0.2, -0.15) is 5.26 Å². The predicted octanol–water partition coefficient (Wildman–Crippen LogP) is 0.744. The molecule has 0 aliphatic carbocycles. The number of piperidine rings is 2. The second-order valence-corrected chi connectivity index (χ2v) is 8.92. The molecule has 3 heterocycles. The Labute approximate surface area is 199 Å². The Hall–Kier alpha value is -2.80. The highest BCUT2D eigenvalue weighted by Crippen LogP contribution is 2.25. The van der Waals surface area contributed by atoms with Gasteiger partial charge in [-0.1, -0.05) is 0 Å². The van der Waals surface area contributed by atoms with Gasteiger partial charge in [0.1, 0.15) is 5.82 Å². The Morgan fingerprint density at radius 2 is 1.67 bits per heavy atom. The highest BCUT2D eigenvalue weighted by molar-refractivity contribution is 5.85. The van der Waals surface area contributed by atoms with Crippen LogP contribution in [0.4, 0.5) is 11.5 Å². The summed E-state index contributed by atoms with van der Waals surface area (Å²) < 4.78 is 2.69. The molecule has 2 aliphatic rings. The lowest BCUT2D eigenvalue weighted by Gasteiger charge is -2.34. The smallest absolute Gasteiger partial charge is 0.332 e. The number of halogens is 1. The van der Waals surface area contributed by atoms with E-state index in [9.17, 15) is 14.9 Å². The molecule has 178 valence electrons. The van der Waals surface area contributed by atoms with Crippen LogP contribution in [0.3, 0.4) is 0 Å². The number of nitrogens with two attached hydrogens (primary N) is 2. The number of aromatic nitrogens is 2. The van der Waals surface area contributed by atoms with Gasteiger partial charge in [0.25, 0.3) is 5.56 Å². The largest absolute Gasteiger partial charge is 0.370 e. The van der Waals surface area contributed by atoms with Crippen molar-refractivity contribution in [2.45, 2.75) is 44.3 Å². The van der Waals surface area contributed by atoms with Crippen LogP contribution in [0.5, 0.6) is 0 Å². The van der Waals surface area contributed by atoms with Crippen LogP contribution in [0.1, 0.15) is 36.8 Å². The number of hydrogen-bond acceptors (Lipinski definition) is 7. The molecule has 33 heavy (non-hydrogen) atoms. The first-order chi connectivity index (χ1) is 15.4. The zero-order chi connectivity index (χ0) is 22.8. The maximum atomic E-state index is 13.1. The average Bonchev–Trinajstić information content (AvgIpc) is 2.79. The normalized spacial score (nSPS) is 20.8. The van der Waals surface area contributed by atoms with Crippen molar-refractivity contribution in [1.82, 2.24) is 9.13 Å². The molecule has 0 saturated carbocycles. The monoisotopic (exact) mass is 473 g/mol. The van der Waals surface area contributed by atoms with E-state index in [0.29, 0.717) is 17.9 Å². The lowest BCUT2D eigenvalue weighted by atomic mass is 10.0. The first kappa shape index (κ1) is 24.8. The Kier molecular flexibility index (Phi) is 7.84. The summed E-state index contributed by atoms with van der Waals surface area (Å²) in [5.74, 6) is 0.558. The second kappa shape index (κ2) is 10.4. The third-order valence-corrected chi connectivity index (χ3v) is 6.52. The molecule has 1 aromatic heterocycles. The molecular formula is C23H32ClN7O2. The number of benzene rings is 1. The van der Waals surface area contributed by atoms with Gasteiger partial charge in [-0.3, -0.25) is 13.9 Å². The van der Waals surface area contributed by atoms with Crippen molar-refractivity contribution >= 4 is 23.9 Å². The second-order valence-electron chi connectivity index (χ2n) is 8.92. The Bertz CT molecular complexity index is 1150. The van der Waals surface area contributed by atoms with E-state index < -0.39 is 5.69 Å². The molecule has 0 radical (unpaired) electrons. The molecule has 10 heteroatoms. The summed E-state index contributed by atoms with van der Waals surface area (Å²) in [7, 11) is 1.48. The fraction of sp³-hybridized carbons (Fsp3) is 0.522. The van der Waals surface area contributed by atoms with E-state index in [-0.39, 0.29) is 36.6 Å². The van der Waals surface area contributed by atoms with Crippen LogP contribution in [0.15, 0.2) is 33.9 Å². The molecule has 9 nitrogen and oxygen atoms in total. The van der Waals surface area contributed by atoms with Gasteiger partial charge < -0.3 is 21.3 Å². The van der Waals surface area contributed by atoms with Crippen LogP contribution < -0.4 is 32.5 Å². The fourth-order valence-electron chi connectivity index (χ4n) is 4.72. The highest BCUT2D eigenvalue weighted by Gasteiger charge is 2.23. The molecule has 0 spiro atoms. The number of nitriles is 1. The topological polar surface area (TPSA) is 126 Å². The third-order valence-electron chi connectivity index (χ3n) is 6.52.